The molecular weight excluding hydrogens is 376 g/mol. The summed E-state index contributed by atoms with van der Waals surface area (Å²) in [4.78, 5) is 30.9. The third kappa shape index (κ3) is 6.04. The number of halogens is 1. The van der Waals surface area contributed by atoms with Crippen LogP contribution in [-0.4, -0.2) is 40.8 Å². The van der Waals surface area contributed by atoms with Gasteiger partial charge in [-0.3, -0.25) is 19.5 Å². The van der Waals surface area contributed by atoms with Gasteiger partial charge >= 0.3 is 0 Å². The van der Waals surface area contributed by atoms with E-state index in [-0.39, 0.29) is 24.3 Å². The van der Waals surface area contributed by atoms with E-state index in [4.69, 9.17) is 11.6 Å². The molecule has 148 valence electrons. The molecule has 2 aromatic rings. The Morgan fingerprint density at radius 3 is 2.71 bits per heavy atom. The van der Waals surface area contributed by atoms with Gasteiger partial charge in [-0.15, -0.1) is 0 Å². The topological polar surface area (TPSA) is 74.3 Å². The summed E-state index contributed by atoms with van der Waals surface area (Å²) in [6, 6.07) is 9.40. The maximum Gasteiger partial charge on any atom is 0.233 e. The number of anilines is 1. The van der Waals surface area contributed by atoms with E-state index in [0.717, 1.165) is 38.0 Å². The van der Waals surface area contributed by atoms with Gasteiger partial charge in [-0.2, -0.15) is 0 Å². The van der Waals surface area contributed by atoms with Gasteiger partial charge in [0.15, 0.2) is 0 Å². The van der Waals surface area contributed by atoms with Gasteiger partial charge in [-0.1, -0.05) is 23.7 Å². The highest BCUT2D eigenvalue weighted by Crippen LogP contribution is 2.20. The van der Waals surface area contributed by atoms with Crippen molar-refractivity contribution in [3.63, 3.8) is 0 Å². The SMILES string of the molecule is Cc1ccc(Cl)cc1NC(=O)CC(=O)NC1CCN(Cc2cccnc2)CC1. The van der Waals surface area contributed by atoms with Crippen LogP contribution in [0.25, 0.3) is 0 Å². The molecule has 1 aromatic heterocycles. The number of amides is 2. The first-order chi connectivity index (χ1) is 13.5. The Morgan fingerprint density at radius 2 is 2.00 bits per heavy atom. The lowest BCUT2D eigenvalue weighted by atomic mass is 10.0. The molecular formula is C21H25ClN4O2. The fourth-order valence-corrected chi connectivity index (χ4v) is 3.51. The maximum absolute atomic E-state index is 12.2. The molecule has 7 heteroatoms. The monoisotopic (exact) mass is 400 g/mol. The van der Waals surface area contributed by atoms with E-state index in [9.17, 15) is 9.59 Å². The Hall–Kier alpha value is -2.44. The van der Waals surface area contributed by atoms with E-state index in [1.807, 2.05) is 25.3 Å². The van der Waals surface area contributed by atoms with Crippen LogP contribution in [0.2, 0.25) is 5.02 Å². The summed E-state index contributed by atoms with van der Waals surface area (Å²) < 4.78 is 0. The Morgan fingerprint density at radius 1 is 1.21 bits per heavy atom. The van der Waals surface area contributed by atoms with Crippen LogP contribution in [0.3, 0.4) is 0 Å². The highest BCUT2D eigenvalue weighted by atomic mass is 35.5. The van der Waals surface area contributed by atoms with Crippen molar-refractivity contribution >= 4 is 29.1 Å². The second-order valence-electron chi connectivity index (χ2n) is 7.16. The zero-order chi connectivity index (χ0) is 19.9. The largest absolute Gasteiger partial charge is 0.353 e. The van der Waals surface area contributed by atoms with Crippen LogP contribution >= 0.6 is 11.6 Å². The van der Waals surface area contributed by atoms with Crippen molar-refractivity contribution in [3.8, 4) is 0 Å². The molecule has 3 rings (SSSR count). The molecule has 1 fully saturated rings. The molecule has 0 atom stereocenters. The van der Waals surface area contributed by atoms with Crippen molar-refractivity contribution in [3.05, 3.63) is 58.9 Å². The molecule has 0 saturated carbocycles. The zero-order valence-corrected chi connectivity index (χ0v) is 16.7. The molecule has 1 saturated heterocycles. The predicted octanol–water partition coefficient (Wildman–Crippen LogP) is 3.15. The number of hydrogen-bond acceptors (Lipinski definition) is 4. The lowest BCUT2D eigenvalue weighted by Gasteiger charge is -2.32. The number of nitrogens with one attached hydrogen (secondary N) is 2. The van der Waals surface area contributed by atoms with E-state index >= 15 is 0 Å². The first-order valence-electron chi connectivity index (χ1n) is 9.46. The summed E-state index contributed by atoms with van der Waals surface area (Å²) >= 11 is 5.96. The van der Waals surface area contributed by atoms with E-state index < -0.39 is 0 Å². The average Bonchev–Trinajstić information content (AvgIpc) is 2.67. The number of piperidine rings is 1. The van der Waals surface area contributed by atoms with Gasteiger partial charge < -0.3 is 10.6 Å². The number of likely N-dealkylation sites (tertiary alicyclic amines) is 1. The second-order valence-corrected chi connectivity index (χ2v) is 7.60. The number of carbonyl (C=O) groups is 2. The third-order valence-electron chi connectivity index (χ3n) is 4.88. The lowest BCUT2D eigenvalue weighted by molar-refractivity contribution is -0.127. The minimum absolute atomic E-state index is 0.110. The molecule has 6 nitrogen and oxygen atoms in total. The van der Waals surface area contributed by atoms with E-state index in [1.54, 1.807) is 18.3 Å². The Kier molecular flexibility index (Phi) is 7.01. The standard InChI is InChI=1S/C21H25ClN4O2/c1-15-4-5-17(22)11-19(15)25-21(28)12-20(27)24-18-6-9-26(10-7-18)14-16-3-2-8-23-13-16/h2-5,8,11,13,18H,6-7,9-10,12,14H2,1H3,(H,24,27)(H,25,28). The fraction of sp³-hybridized carbons (Fsp3) is 0.381. The lowest BCUT2D eigenvalue weighted by Crippen LogP contribution is -2.45. The third-order valence-corrected chi connectivity index (χ3v) is 5.11. The van der Waals surface area contributed by atoms with E-state index in [0.29, 0.717) is 10.7 Å². The first kappa shape index (κ1) is 20.3. The highest BCUT2D eigenvalue weighted by Gasteiger charge is 2.21. The van der Waals surface area contributed by atoms with Gasteiger partial charge in [0, 0.05) is 48.8 Å². The second kappa shape index (κ2) is 9.66. The summed E-state index contributed by atoms with van der Waals surface area (Å²) in [6.45, 7) is 4.57. The molecule has 28 heavy (non-hydrogen) atoms. The first-order valence-corrected chi connectivity index (χ1v) is 9.84. The van der Waals surface area contributed by atoms with Gasteiger partial charge in [-0.25, -0.2) is 0 Å². The summed E-state index contributed by atoms with van der Waals surface area (Å²) in [7, 11) is 0. The molecule has 0 bridgehead atoms. The number of aryl methyl sites for hydroxylation is 1. The molecule has 2 amide bonds. The normalized spacial score (nSPS) is 15.2. The average molecular weight is 401 g/mol. The van der Waals surface area contributed by atoms with Crippen molar-refractivity contribution in [1.29, 1.82) is 0 Å². The number of hydrogen-bond donors (Lipinski definition) is 2. The minimum atomic E-state index is -0.336. The van der Waals surface area contributed by atoms with Crippen LogP contribution in [0, 0.1) is 6.92 Å². The predicted molar refractivity (Wildman–Crippen MR) is 110 cm³/mol. The van der Waals surface area contributed by atoms with E-state index in [1.165, 1.54) is 5.56 Å². The molecule has 1 aliphatic rings. The van der Waals surface area contributed by atoms with Crippen molar-refractivity contribution in [2.45, 2.75) is 38.8 Å². The molecule has 2 N–H and O–H groups in total. The summed E-state index contributed by atoms with van der Waals surface area (Å²) in [5.41, 5.74) is 2.73. The number of nitrogens with zero attached hydrogens (tertiary/aromatic N) is 2. The van der Waals surface area contributed by atoms with Crippen LogP contribution in [0.1, 0.15) is 30.4 Å². The van der Waals surface area contributed by atoms with Crippen molar-refractivity contribution < 1.29 is 9.59 Å². The molecule has 0 aliphatic carbocycles. The number of pyridine rings is 1. The zero-order valence-electron chi connectivity index (χ0n) is 16.0. The molecule has 2 heterocycles. The quantitative estimate of drug-likeness (QED) is 0.730. The number of carbonyl (C=O) groups excluding carboxylic acids is 2. The number of benzene rings is 1. The Labute approximate surface area is 170 Å². The van der Waals surface area contributed by atoms with Crippen LogP contribution < -0.4 is 10.6 Å². The molecule has 1 aromatic carbocycles. The van der Waals surface area contributed by atoms with Gasteiger partial charge in [0.05, 0.1) is 0 Å². The molecule has 1 aliphatic heterocycles. The summed E-state index contributed by atoms with van der Waals surface area (Å²) in [5.74, 6) is -0.584. The van der Waals surface area contributed by atoms with Crippen molar-refractivity contribution in [2.24, 2.45) is 0 Å². The molecule has 0 radical (unpaired) electrons. The van der Waals surface area contributed by atoms with Gasteiger partial charge in [-0.05, 0) is 49.1 Å². The van der Waals surface area contributed by atoms with Crippen molar-refractivity contribution in [1.82, 2.24) is 15.2 Å². The van der Waals surface area contributed by atoms with Crippen LogP contribution in [0.5, 0.6) is 0 Å². The maximum atomic E-state index is 12.2. The van der Waals surface area contributed by atoms with Gasteiger partial charge in [0.2, 0.25) is 11.8 Å². The smallest absolute Gasteiger partial charge is 0.233 e. The van der Waals surface area contributed by atoms with Gasteiger partial charge in [0.1, 0.15) is 6.42 Å². The Balaban J connectivity index is 1.40. The summed E-state index contributed by atoms with van der Waals surface area (Å²) in [6.07, 6.45) is 5.22. The van der Waals surface area contributed by atoms with Crippen molar-refractivity contribution in [2.75, 3.05) is 18.4 Å². The van der Waals surface area contributed by atoms with Crippen LogP contribution in [0.4, 0.5) is 5.69 Å². The fourth-order valence-electron chi connectivity index (χ4n) is 3.33. The van der Waals surface area contributed by atoms with Crippen LogP contribution in [0.15, 0.2) is 42.7 Å². The number of rotatable bonds is 6. The van der Waals surface area contributed by atoms with Crippen LogP contribution in [-0.2, 0) is 16.1 Å². The molecule has 0 unspecified atom stereocenters. The number of aromatic nitrogens is 1. The minimum Gasteiger partial charge on any atom is -0.353 e. The Bertz CT molecular complexity index is 820. The molecule has 0 spiro atoms. The van der Waals surface area contributed by atoms with Gasteiger partial charge in [0.25, 0.3) is 0 Å². The van der Waals surface area contributed by atoms with E-state index in [2.05, 4.69) is 26.6 Å². The highest BCUT2D eigenvalue weighted by molar-refractivity contribution is 6.31. The summed E-state index contributed by atoms with van der Waals surface area (Å²) in [5, 5.41) is 6.28.